The lowest BCUT2D eigenvalue weighted by Gasteiger charge is -2.30. The molecule has 6 nitrogen and oxygen atoms in total. The Balaban J connectivity index is 2.20. The molecule has 8 heteroatoms. The van der Waals surface area contributed by atoms with Gasteiger partial charge in [-0.2, -0.15) is 8.78 Å². The smallest absolute Gasteiger partial charge is 0.387 e. The van der Waals surface area contributed by atoms with E-state index in [0.717, 1.165) is 0 Å². The number of alkyl halides is 2. The van der Waals surface area contributed by atoms with Gasteiger partial charge in [-0.3, -0.25) is 9.59 Å². The van der Waals surface area contributed by atoms with Gasteiger partial charge in [0.25, 0.3) is 5.91 Å². The predicted octanol–water partition coefficient (Wildman–Crippen LogP) is 2.23. The summed E-state index contributed by atoms with van der Waals surface area (Å²) in [5.74, 6) is -2.12. The number of ether oxygens (including phenoxy) is 2. The Labute approximate surface area is 131 Å². The fraction of sp³-hybridized carbons (Fsp3) is 0.467. The molecule has 1 amide bonds. The van der Waals surface area contributed by atoms with Gasteiger partial charge >= 0.3 is 12.6 Å². The number of benzene rings is 1. The lowest BCUT2D eigenvalue weighted by molar-refractivity contribution is -0.143. The first-order chi connectivity index (χ1) is 10.9. The molecule has 126 valence electrons. The molecule has 1 aromatic carbocycles. The third-order valence-electron chi connectivity index (χ3n) is 3.68. The van der Waals surface area contributed by atoms with Gasteiger partial charge in [-0.25, -0.2) is 0 Å². The van der Waals surface area contributed by atoms with Crippen molar-refractivity contribution in [2.75, 3.05) is 20.2 Å². The second kappa shape index (κ2) is 7.26. The minimum atomic E-state index is -3.04. The van der Waals surface area contributed by atoms with Crippen LogP contribution in [0.15, 0.2) is 18.2 Å². The topological polar surface area (TPSA) is 76.1 Å². The molecule has 1 heterocycles. The zero-order valence-corrected chi connectivity index (χ0v) is 12.5. The van der Waals surface area contributed by atoms with Gasteiger partial charge in [0.05, 0.1) is 13.0 Å². The number of carboxylic acid groups (broad SMARTS) is 1. The highest BCUT2D eigenvalue weighted by atomic mass is 19.3. The number of hydrogen-bond acceptors (Lipinski definition) is 4. The van der Waals surface area contributed by atoms with E-state index in [-0.39, 0.29) is 23.6 Å². The van der Waals surface area contributed by atoms with Crippen LogP contribution >= 0.6 is 0 Å². The van der Waals surface area contributed by atoms with E-state index in [4.69, 9.17) is 9.84 Å². The molecule has 1 fully saturated rings. The Morgan fingerprint density at radius 2 is 2.09 bits per heavy atom. The number of rotatable bonds is 5. The Kier molecular flexibility index (Phi) is 5.36. The predicted molar refractivity (Wildman–Crippen MR) is 75.9 cm³/mol. The van der Waals surface area contributed by atoms with E-state index >= 15 is 0 Å². The van der Waals surface area contributed by atoms with Crippen molar-refractivity contribution in [2.45, 2.75) is 19.5 Å². The lowest BCUT2D eigenvalue weighted by atomic mass is 9.97. The van der Waals surface area contributed by atoms with Crippen LogP contribution in [-0.2, 0) is 4.79 Å². The fourth-order valence-electron chi connectivity index (χ4n) is 2.54. The molecular formula is C15H17F2NO5. The molecule has 1 N–H and O–H groups in total. The van der Waals surface area contributed by atoms with E-state index < -0.39 is 24.4 Å². The standard InChI is InChI=1S/C15H17F2NO5/c1-22-11-5-4-9(7-12(11)23-15(16)17)13(19)18-6-2-3-10(8-18)14(20)21/h4-5,7,10,15H,2-3,6,8H2,1H3,(H,20,21). The fourth-order valence-corrected chi connectivity index (χ4v) is 2.54. The highest BCUT2D eigenvalue weighted by Crippen LogP contribution is 2.30. The number of aliphatic carboxylic acids is 1. The van der Waals surface area contributed by atoms with Crippen LogP contribution in [-0.4, -0.2) is 48.7 Å². The normalized spacial score (nSPS) is 17.9. The van der Waals surface area contributed by atoms with Crippen LogP contribution in [0.1, 0.15) is 23.2 Å². The number of carbonyl (C=O) groups excluding carboxylic acids is 1. The Morgan fingerprint density at radius 1 is 1.35 bits per heavy atom. The van der Waals surface area contributed by atoms with Crippen LogP contribution < -0.4 is 9.47 Å². The van der Waals surface area contributed by atoms with Crippen molar-refractivity contribution >= 4 is 11.9 Å². The number of halogens is 2. The Bertz CT molecular complexity index is 593. The monoisotopic (exact) mass is 329 g/mol. The molecule has 0 bridgehead atoms. The van der Waals surface area contributed by atoms with Gasteiger partial charge in [0.15, 0.2) is 11.5 Å². The van der Waals surface area contributed by atoms with Crippen molar-refractivity contribution in [2.24, 2.45) is 5.92 Å². The molecule has 23 heavy (non-hydrogen) atoms. The van der Waals surface area contributed by atoms with Crippen LogP contribution in [0, 0.1) is 5.92 Å². The summed E-state index contributed by atoms with van der Waals surface area (Å²) in [4.78, 5) is 24.9. The van der Waals surface area contributed by atoms with Gasteiger partial charge in [0.1, 0.15) is 0 Å². The second-order valence-electron chi connectivity index (χ2n) is 5.17. The van der Waals surface area contributed by atoms with Crippen molar-refractivity contribution in [3.63, 3.8) is 0 Å². The third kappa shape index (κ3) is 4.08. The molecule has 1 aliphatic rings. The van der Waals surface area contributed by atoms with Gasteiger partial charge in [-0.05, 0) is 31.0 Å². The summed E-state index contributed by atoms with van der Waals surface area (Å²) in [5.41, 5.74) is 0.146. The number of hydrogen-bond donors (Lipinski definition) is 1. The van der Waals surface area contributed by atoms with Crippen molar-refractivity contribution in [3.8, 4) is 11.5 Å². The van der Waals surface area contributed by atoms with Gasteiger partial charge < -0.3 is 19.5 Å². The lowest BCUT2D eigenvalue weighted by Crippen LogP contribution is -2.42. The number of methoxy groups -OCH3 is 1. The van der Waals surface area contributed by atoms with E-state index in [9.17, 15) is 18.4 Å². The summed E-state index contributed by atoms with van der Waals surface area (Å²) in [6.07, 6.45) is 1.10. The van der Waals surface area contributed by atoms with Gasteiger partial charge in [0, 0.05) is 18.7 Å². The molecule has 0 saturated carbocycles. The molecule has 1 atom stereocenters. The minimum Gasteiger partial charge on any atom is -0.493 e. The molecule has 0 aromatic heterocycles. The average molecular weight is 329 g/mol. The highest BCUT2D eigenvalue weighted by Gasteiger charge is 2.29. The molecule has 1 aromatic rings. The summed E-state index contributed by atoms with van der Waals surface area (Å²) >= 11 is 0. The zero-order valence-electron chi connectivity index (χ0n) is 12.5. The molecular weight excluding hydrogens is 312 g/mol. The maximum absolute atomic E-state index is 12.5. The van der Waals surface area contributed by atoms with Crippen LogP contribution in [0.4, 0.5) is 8.78 Å². The van der Waals surface area contributed by atoms with Crippen molar-refractivity contribution in [3.05, 3.63) is 23.8 Å². The molecule has 0 radical (unpaired) electrons. The maximum atomic E-state index is 12.5. The molecule has 0 aliphatic carbocycles. The molecule has 0 spiro atoms. The maximum Gasteiger partial charge on any atom is 0.387 e. The van der Waals surface area contributed by atoms with Gasteiger partial charge in [0.2, 0.25) is 0 Å². The van der Waals surface area contributed by atoms with Crippen LogP contribution in [0.3, 0.4) is 0 Å². The number of carboxylic acids is 1. The summed E-state index contributed by atoms with van der Waals surface area (Å²) < 4.78 is 34.1. The first-order valence-electron chi connectivity index (χ1n) is 7.07. The zero-order chi connectivity index (χ0) is 17.0. The van der Waals surface area contributed by atoms with E-state index in [0.29, 0.717) is 19.4 Å². The number of nitrogens with zero attached hydrogens (tertiary/aromatic N) is 1. The summed E-state index contributed by atoms with van der Waals surface area (Å²) in [6, 6.07) is 3.98. The van der Waals surface area contributed by atoms with Crippen molar-refractivity contribution in [1.82, 2.24) is 4.90 Å². The van der Waals surface area contributed by atoms with Gasteiger partial charge in [-0.15, -0.1) is 0 Å². The number of amides is 1. The Morgan fingerprint density at radius 3 is 2.70 bits per heavy atom. The molecule has 1 unspecified atom stereocenters. The second-order valence-corrected chi connectivity index (χ2v) is 5.17. The van der Waals surface area contributed by atoms with Crippen molar-refractivity contribution < 1.29 is 33.0 Å². The first-order valence-corrected chi connectivity index (χ1v) is 7.07. The van der Waals surface area contributed by atoms with E-state index in [2.05, 4.69) is 4.74 Å². The summed E-state index contributed by atoms with van der Waals surface area (Å²) in [7, 11) is 1.30. The highest BCUT2D eigenvalue weighted by molar-refractivity contribution is 5.95. The summed E-state index contributed by atoms with van der Waals surface area (Å²) in [6.45, 7) is -2.51. The van der Waals surface area contributed by atoms with Gasteiger partial charge in [-0.1, -0.05) is 0 Å². The largest absolute Gasteiger partial charge is 0.493 e. The first kappa shape index (κ1) is 17.0. The van der Waals surface area contributed by atoms with E-state index in [1.807, 2.05) is 0 Å². The minimum absolute atomic E-state index is 0.0870. The number of carbonyl (C=O) groups is 2. The van der Waals surface area contributed by atoms with Crippen molar-refractivity contribution in [1.29, 1.82) is 0 Å². The van der Waals surface area contributed by atoms with Crippen LogP contribution in [0.5, 0.6) is 11.5 Å². The number of piperidine rings is 1. The van der Waals surface area contributed by atoms with Crippen LogP contribution in [0.25, 0.3) is 0 Å². The van der Waals surface area contributed by atoms with E-state index in [1.54, 1.807) is 0 Å². The average Bonchev–Trinajstić information content (AvgIpc) is 2.53. The molecule has 2 rings (SSSR count). The van der Waals surface area contributed by atoms with Crippen LogP contribution in [0.2, 0.25) is 0 Å². The summed E-state index contributed by atoms with van der Waals surface area (Å²) in [5, 5.41) is 9.06. The molecule has 1 saturated heterocycles. The number of likely N-dealkylation sites (tertiary alicyclic amines) is 1. The third-order valence-corrected chi connectivity index (χ3v) is 3.68. The Hall–Kier alpha value is -2.38. The van der Waals surface area contributed by atoms with E-state index in [1.165, 1.54) is 30.2 Å². The SMILES string of the molecule is COc1ccc(C(=O)N2CCCC(C(=O)O)C2)cc1OC(F)F. The quantitative estimate of drug-likeness (QED) is 0.896. The molecule has 1 aliphatic heterocycles.